The Morgan fingerprint density at radius 2 is 1.74 bits per heavy atom. The highest BCUT2D eigenvalue weighted by molar-refractivity contribution is 5.69. The lowest BCUT2D eigenvalue weighted by Crippen LogP contribution is -2.51. The highest BCUT2D eigenvalue weighted by Crippen LogP contribution is 2.67. The Kier molecular flexibility index (Phi) is 9.06. The minimum Gasteiger partial charge on any atom is -0.462 e. The van der Waals surface area contributed by atoms with Crippen molar-refractivity contribution >= 4 is 5.97 Å². The molecule has 0 amide bonds. The zero-order valence-electron chi connectivity index (χ0n) is 25.7. The molecule has 8 atom stereocenters. The molecule has 0 aromatic heterocycles. The first kappa shape index (κ1) is 28.7. The van der Waals surface area contributed by atoms with E-state index in [1.807, 2.05) is 0 Å². The lowest BCUT2D eigenvalue weighted by atomic mass is 9.47. The normalized spacial score (nSPS) is 40.2. The third-order valence-corrected chi connectivity index (χ3v) is 13.0. The Bertz CT molecular complexity index is 836. The fourth-order valence-corrected chi connectivity index (χ4v) is 10.8. The molecule has 2 heteroatoms. The van der Waals surface area contributed by atoms with Crippen LogP contribution in [0.4, 0.5) is 0 Å². The predicted molar refractivity (Wildman–Crippen MR) is 159 cm³/mol. The summed E-state index contributed by atoms with van der Waals surface area (Å²) in [6.07, 6.45) is 25.8. The van der Waals surface area contributed by atoms with Crippen molar-refractivity contribution in [1.82, 2.24) is 0 Å². The van der Waals surface area contributed by atoms with Crippen molar-refractivity contribution in [2.75, 3.05) is 0 Å². The van der Waals surface area contributed by atoms with E-state index in [2.05, 4.69) is 40.7 Å². The first-order chi connectivity index (χ1) is 18.2. The van der Waals surface area contributed by atoms with Crippen LogP contribution in [-0.2, 0) is 9.53 Å². The van der Waals surface area contributed by atoms with Crippen LogP contribution in [-0.4, -0.2) is 12.1 Å². The van der Waals surface area contributed by atoms with Crippen LogP contribution in [0.5, 0.6) is 0 Å². The zero-order chi connectivity index (χ0) is 26.9. The summed E-state index contributed by atoms with van der Waals surface area (Å²) in [5.74, 6) is 6.14. The van der Waals surface area contributed by atoms with Crippen molar-refractivity contribution in [2.45, 2.75) is 156 Å². The van der Waals surface area contributed by atoms with Gasteiger partial charge in [0.1, 0.15) is 6.10 Å². The van der Waals surface area contributed by atoms with Crippen LogP contribution in [0.2, 0.25) is 0 Å². The number of carbonyl (C=O) groups is 1. The first-order valence-electron chi connectivity index (χ1n) is 17.1. The number of ether oxygens (including phenoxy) is 1. The second-order valence-electron chi connectivity index (χ2n) is 15.7. The molecule has 5 rings (SSSR count). The average Bonchev–Trinajstić information content (AvgIpc) is 3.25. The van der Waals surface area contributed by atoms with Crippen LogP contribution in [0.15, 0.2) is 11.6 Å². The molecule has 4 saturated carbocycles. The van der Waals surface area contributed by atoms with Crippen molar-refractivity contribution in [3.8, 4) is 0 Å². The summed E-state index contributed by atoms with van der Waals surface area (Å²) in [5, 5.41) is 0. The monoisotopic (exact) mass is 524 g/mol. The van der Waals surface area contributed by atoms with Gasteiger partial charge in [0.25, 0.3) is 0 Å². The van der Waals surface area contributed by atoms with E-state index in [9.17, 15) is 4.79 Å². The summed E-state index contributed by atoms with van der Waals surface area (Å²) in [5.41, 5.74) is 2.55. The predicted octanol–water partition coefficient (Wildman–Crippen LogP) is 10.3. The molecule has 38 heavy (non-hydrogen) atoms. The van der Waals surface area contributed by atoms with E-state index in [1.54, 1.807) is 5.57 Å². The van der Waals surface area contributed by atoms with Gasteiger partial charge in [-0.3, -0.25) is 4.79 Å². The summed E-state index contributed by atoms with van der Waals surface area (Å²) in [7, 11) is 0. The van der Waals surface area contributed by atoms with Crippen LogP contribution >= 0.6 is 0 Å². The van der Waals surface area contributed by atoms with Crippen LogP contribution in [0, 0.1) is 52.3 Å². The molecule has 0 aromatic carbocycles. The lowest BCUT2D eigenvalue weighted by molar-refractivity contribution is -0.152. The zero-order valence-corrected chi connectivity index (χ0v) is 25.7. The van der Waals surface area contributed by atoms with E-state index < -0.39 is 0 Å². The smallest absolute Gasteiger partial charge is 0.306 e. The Labute approximate surface area is 235 Å². The Balaban J connectivity index is 1.17. The standard InChI is InChI=1S/C36H60O2/c1-25(2)10-9-11-26(3)31-17-18-32-30-16-15-28-24-29(38-34(37)19-14-27-12-7-6-8-13-27)20-22-35(28,4)33(30)21-23-36(31,32)5/h15,25-27,29-33H,6-14,16-24H2,1-5H3/t26-,29-,30+,31-,32+,33+,35-,36-/m0/s1. The molecule has 0 unspecified atom stereocenters. The van der Waals surface area contributed by atoms with Gasteiger partial charge >= 0.3 is 5.97 Å². The molecule has 0 aliphatic heterocycles. The third kappa shape index (κ3) is 5.81. The van der Waals surface area contributed by atoms with E-state index >= 15 is 0 Å². The summed E-state index contributed by atoms with van der Waals surface area (Å²) < 4.78 is 6.11. The number of carbonyl (C=O) groups excluding carboxylic acids is 1. The van der Waals surface area contributed by atoms with Gasteiger partial charge in [-0.15, -0.1) is 0 Å². The second-order valence-corrected chi connectivity index (χ2v) is 15.7. The molecule has 5 aliphatic rings. The molecule has 0 aromatic rings. The summed E-state index contributed by atoms with van der Waals surface area (Å²) in [4.78, 5) is 12.7. The minimum atomic E-state index is 0.0754. The second kappa shape index (κ2) is 12.0. The van der Waals surface area contributed by atoms with E-state index in [-0.39, 0.29) is 12.1 Å². The van der Waals surface area contributed by atoms with Crippen molar-refractivity contribution in [2.24, 2.45) is 52.3 Å². The maximum Gasteiger partial charge on any atom is 0.306 e. The number of esters is 1. The molecular weight excluding hydrogens is 464 g/mol. The van der Waals surface area contributed by atoms with E-state index in [4.69, 9.17) is 4.74 Å². The summed E-state index contributed by atoms with van der Waals surface area (Å²) >= 11 is 0. The molecular formula is C36H60O2. The van der Waals surface area contributed by atoms with Crippen LogP contribution < -0.4 is 0 Å². The minimum absolute atomic E-state index is 0.0754. The molecule has 216 valence electrons. The molecule has 0 bridgehead atoms. The van der Waals surface area contributed by atoms with Gasteiger partial charge in [0.05, 0.1) is 0 Å². The topological polar surface area (TPSA) is 26.3 Å². The fourth-order valence-electron chi connectivity index (χ4n) is 10.8. The van der Waals surface area contributed by atoms with Gasteiger partial charge in [0, 0.05) is 12.8 Å². The Hall–Kier alpha value is -0.790. The number of fused-ring (bicyclic) bond motifs is 5. The lowest BCUT2D eigenvalue weighted by Gasteiger charge is -2.58. The van der Waals surface area contributed by atoms with Crippen molar-refractivity contribution in [3.63, 3.8) is 0 Å². The molecule has 0 radical (unpaired) electrons. The van der Waals surface area contributed by atoms with Gasteiger partial charge in [-0.05, 0) is 104 Å². The molecule has 2 nitrogen and oxygen atoms in total. The van der Waals surface area contributed by atoms with Crippen molar-refractivity contribution in [1.29, 1.82) is 0 Å². The third-order valence-electron chi connectivity index (χ3n) is 13.0. The quantitative estimate of drug-likeness (QED) is 0.221. The number of rotatable bonds is 9. The number of allylic oxidation sites excluding steroid dienone is 1. The highest BCUT2D eigenvalue weighted by Gasteiger charge is 2.59. The van der Waals surface area contributed by atoms with Crippen LogP contribution in [0.3, 0.4) is 0 Å². The molecule has 4 fully saturated rings. The van der Waals surface area contributed by atoms with Crippen LogP contribution in [0.25, 0.3) is 0 Å². The molecule has 0 spiro atoms. The maximum absolute atomic E-state index is 12.7. The molecule has 5 aliphatic carbocycles. The molecule has 0 N–H and O–H groups in total. The number of hydrogen-bond acceptors (Lipinski definition) is 2. The summed E-state index contributed by atoms with van der Waals surface area (Å²) in [6.45, 7) is 12.6. The van der Waals surface area contributed by atoms with Gasteiger partial charge < -0.3 is 4.74 Å². The van der Waals surface area contributed by atoms with Gasteiger partial charge in [-0.2, -0.15) is 0 Å². The first-order valence-corrected chi connectivity index (χ1v) is 17.1. The largest absolute Gasteiger partial charge is 0.462 e. The van der Waals surface area contributed by atoms with Gasteiger partial charge in [0.2, 0.25) is 0 Å². The van der Waals surface area contributed by atoms with E-state index in [0.717, 1.165) is 60.7 Å². The SMILES string of the molecule is CC(C)CCC[C@H](C)[C@@H]1CC[C@@H]2[C@H]3CC=C4C[C@@H](OC(=O)CCC5CCCCC5)CC[C@]4(C)[C@@H]3CC[C@]21C. The highest BCUT2D eigenvalue weighted by atomic mass is 16.5. The van der Waals surface area contributed by atoms with Crippen LogP contribution in [0.1, 0.15) is 150 Å². The number of hydrogen-bond donors (Lipinski definition) is 0. The van der Waals surface area contributed by atoms with E-state index in [1.165, 1.54) is 89.9 Å². The van der Waals surface area contributed by atoms with Gasteiger partial charge in [-0.25, -0.2) is 0 Å². The Morgan fingerprint density at radius 3 is 2.50 bits per heavy atom. The molecule has 0 saturated heterocycles. The van der Waals surface area contributed by atoms with E-state index in [0.29, 0.717) is 17.3 Å². The Morgan fingerprint density at radius 1 is 0.947 bits per heavy atom. The fraction of sp³-hybridized carbons (Fsp3) is 0.917. The van der Waals surface area contributed by atoms with Gasteiger partial charge in [-0.1, -0.05) is 97.6 Å². The van der Waals surface area contributed by atoms with Gasteiger partial charge in [0.15, 0.2) is 0 Å². The summed E-state index contributed by atoms with van der Waals surface area (Å²) in [6, 6.07) is 0. The van der Waals surface area contributed by atoms with Crippen molar-refractivity contribution < 1.29 is 9.53 Å². The average molecular weight is 525 g/mol. The maximum atomic E-state index is 12.7. The van der Waals surface area contributed by atoms with Crippen molar-refractivity contribution in [3.05, 3.63) is 11.6 Å². The molecule has 0 heterocycles.